The average molecular weight is 462 g/mol. The first-order chi connectivity index (χ1) is 15.8. The molecule has 2 nitrogen and oxygen atoms in total. The van der Waals surface area contributed by atoms with Crippen LogP contribution >= 0.6 is 0 Å². The minimum atomic E-state index is -4.13. The second-order valence-electron chi connectivity index (χ2n) is 9.02. The molecule has 33 heavy (non-hydrogen) atoms. The van der Waals surface area contributed by atoms with Crippen molar-refractivity contribution in [1.82, 2.24) is 0 Å². The number of benzene rings is 2. The lowest BCUT2D eigenvalue weighted by atomic mass is 9.77. The fraction of sp³-hybridized carbons (Fsp3) is 0.519. The number of hydrogen-bond acceptors (Lipinski definition) is 2. The quantitative estimate of drug-likeness (QED) is 0.263. The summed E-state index contributed by atoms with van der Waals surface area (Å²) in [6.07, 6.45) is 2.97. The molecule has 1 aliphatic rings. The van der Waals surface area contributed by atoms with Crippen LogP contribution in [0.25, 0.3) is 0 Å². The Kier molecular flexibility index (Phi) is 8.91. The fourth-order valence-electron chi connectivity index (χ4n) is 4.58. The summed E-state index contributed by atoms with van der Waals surface area (Å²) in [7, 11) is 0. The molecule has 1 aliphatic carbocycles. The van der Waals surface area contributed by atoms with Gasteiger partial charge >= 0.3 is 6.11 Å². The maximum absolute atomic E-state index is 14.3. The van der Waals surface area contributed by atoms with Crippen LogP contribution in [0.3, 0.4) is 0 Å². The van der Waals surface area contributed by atoms with E-state index in [-0.39, 0.29) is 5.56 Å². The van der Waals surface area contributed by atoms with E-state index in [1.54, 1.807) is 18.2 Å². The second-order valence-corrected chi connectivity index (χ2v) is 9.02. The van der Waals surface area contributed by atoms with Crippen molar-refractivity contribution >= 4 is 0 Å². The molecule has 0 radical (unpaired) electrons. The molecule has 0 saturated heterocycles. The van der Waals surface area contributed by atoms with Crippen molar-refractivity contribution in [3.63, 3.8) is 0 Å². The van der Waals surface area contributed by atoms with E-state index in [4.69, 9.17) is 5.26 Å². The van der Waals surface area contributed by atoms with Gasteiger partial charge in [-0.25, -0.2) is 8.78 Å². The molecule has 1 unspecified atom stereocenters. The van der Waals surface area contributed by atoms with Crippen molar-refractivity contribution in [2.45, 2.75) is 83.1 Å². The standard InChI is InChI=1S/C27H31F4NO/c1-2-3-4-5-19-6-10-21(11-7-19)22-12-8-20(9-13-22)18-33-27(30,31)26(29)23-14-15-24(17-32)25(28)16-23/h8-9,12-16,19,21,26H,2-7,10-11,18H2,1H3. The van der Waals surface area contributed by atoms with E-state index < -0.39 is 30.3 Å². The molecule has 3 rings (SSSR count). The normalized spacial score (nSPS) is 19.8. The third-order valence-corrected chi connectivity index (χ3v) is 6.65. The van der Waals surface area contributed by atoms with Gasteiger partial charge in [-0.05, 0) is 66.3 Å². The molecule has 6 heteroatoms. The van der Waals surface area contributed by atoms with Crippen LogP contribution in [-0.2, 0) is 11.3 Å². The number of alkyl halides is 3. The molecule has 1 atom stereocenters. The SMILES string of the molecule is CCCCCC1CCC(c2ccc(COC(F)(F)C(F)c3ccc(C#N)c(F)c3)cc2)CC1. The van der Waals surface area contributed by atoms with E-state index in [2.05, 4.69) is 11.7 Å². The predicted molar refractivity (Wildman–Crippen MR) is 120 cm³/mol. The van der Waals surface area contributed by atoms with E-state index in [0.29, 0.717) is 17.5 Å². The maximum Gasteiger partial charge on any atom is 0.391 e. The topological polar surface area (TPSA) is 33.0 Å². The molecule has 1 fully saturated rings. The van der Waals surface area contributed by atoms with Crippen molar-refractivity contribution in [2.24, 2.45) is 5.92 Å². The molecular weight excluding hydrogens is 430 g/mol. The van der Waals surface area contributed by atoms with Gasteiger partial charge in [0.2, 0.25) is 6.17 Å². The molecule has 1 saturated carbocycles. The molecule has 0 aliphatic heterocycles. The van der Waals surface area contributed by atoms with Crippen LogP contribution in [0, 0.1) is 23.1 Å². The van der Waals surface area contributed by atoms with Crippen molar-refractivity contribution in [1.29, 1.82) is 5.26 Å². The predicted octanol–water partition coefficient (Wildman–Crippen LogP) is 8.37. The van der Waals surface area contributed by atoms with Gasteiger partial charge in [-0.15, -0.1) is 0 Å². The summed E-state index contributed by atoms with van der Waals surface area (Å²) >= 11 is 0. The Morgan fingerprint density at radius 2 is 1.76 bits per heavy atom. The lowest BCUT2D eigenvalue weighted by Gasteiger charge is -2.29. The van der Waals surface area contributed by atoms with Gasteiger partial charge in [-0.3, -0.25) is 0 Å². The van der Waals surface area contributed by atoms with Gasteiger partial charge in [0, 0.05) is 0 Å². The molecule has 178 valence electrons. The Bertz CT molecular complexity index is 930. The minimum absolute atomic E-state index is 0.333. The highest BCUT2D eigenvalue weighted by Crippen LogP contribution is 2.39. The Morgan fingerprint density at radius 1 is 1.06 bits per heavy atom. The summed E-state index contributed by atoms with van der Waals surface area (Å²) in [5.41, 5.74) is 0.816. The molecule has 0 bridgehead atoms. The Hall–Kier alpha value is -2.39. The van der Waals surface area contributed by atoms with E-state index >= 15 is 0 Å². The second kappa shape index (κ2) is 11.7. The highest BCUT2D eigenvalue weighted by atomic mass is 19.3. The Labute approximate surface area is 193 Å². The Morgan fingerprint density at radius 3 is 2.36 bits per heavy atom. The van der Waals surface area contributed by atoms with Gasteiger partial charge in [0.15, 0.2) is 0 Å². The van der Waals surface area contributed by atoms with E-state index in [9.17, 15) is 17.6 Å². The number of nitrogens with zero attached hydrogens (tertiary/aromatic N) is 1. The van der Waals surface area contributed by atoms with E-state index in [0.717, 1.165) is 30.9 Å². The van der Waals surface area contributed by atoms with E-state index in [1.807, 2.05) is 12.1 Å². The molecule has 2 aromatic carbocycles. The van der Waals surface area contributed by atoms with Gasteiger partial charge in [-0.2, -0.15) is 14.0 Å². The van der Waals surface area contributed by atoms with Gasteiger partial charge < -0.3 is 4.74 Å². The van der Waals surface area contributed by atoms with Gasteiger partial charge in [-0.1, -0.05) is 62.9 Å². The lowest BCUT2D eigenvalue weighted by Crippen LogP contribution is -2.27. The number of ether oxygens (including phenoxy) is 1. The largest absolute Gasteiger partial charge is 0.391 e. The van der Waals surface area contributed by atoms with Crippen LogP contribution < -0.4 is 0 Å². The number of hydrogen-bond donors (Lipinski definition) is 0. The molecule has 0 spiro atoms. The number of halogens is 4. The first-order valence-corrected chi connectivity index (χ1v) is 11.8. The lowest BCUT2D eigenvalue weighted by molar-refractivity contribution is -0.282. The number of unbranched alkanes of at least 4 members (excludes halogenated alkanes) is 2. The van der Waals surface area contributed by atoms with Gasteiger partial charge in [0.05, 0.1) is 12.2 Å². The molecule has 0 aromatic heterocycles. The summed E-state index contributed by atoms with van der Waals surface area (Å²) in [4.78, 5) is 0. The minimum Gasteiger partial charge on any atom is -0.313 e. The number of rotatable bonds is 10. The summed E-state index contributed by atoms with van der Waals surface area (Å²) in [6.45, 7) is 1.76. The molecule has 0 heterocycles. The van der Waals surface area contributed by atoms with Gasteiger partial charge in [0.25, 0.3) is 0 Å². The van der Waals surface area contributed by atoms with Crippen LogP contribution in [0.1, 0.15) is 92.6 Å². The zero-order valence-electron chi connectivity index (χ0n) is 19.0. The van der Waals surface area contributed by atoms with Crippen molar-refractivity contribution in [2.75, 3.05) is 0 Å². The molecule has 0 N–H and O–H groups in total. The first kappa shape index (κ1) is 25.2. The van der Waals surface area contributed by atoms with Crippen LogP contribution in [0.4, 0.5) is 17.6 Å². The van der Waals surface area contributed by atoms with Crippen LogP contribution in [-0.4, -0.2) is 6.11 Å². The monoisotopic (exact) mass is 461 g/mol. The summed E-state index contributed by atoms with van der Waals surface area (Å²) < 4.78 is 61.1. The third-order valence-electron chi connectivity index (χ3n) is 6.65. The fourth-order valence-corrected chi connectivity index (χ4v) is 4.58. The smallest absolute Gasteiger partial charge is 0.313 e. The summed E-state index contributed by atoms with van der Waals surface area (Å²) in [6, 6.07) is 11.5. The molecule has 2 aromatic rings. The van der Waals surface area contributed by atoms with Crippen LogP contribution in [0.5, 0.6) is 0 Å². The highest BCUT2D eigenvalue weighted by molar-refractivity contribution is 5.34. The maximum atomic E-state index is 14.3. The molecule has 0 amide bonds. The Balaban J connectivity index is 1.51. The molecular formula is C27H31F4NO. The van der Waals surface area contributed by atoms with Crippen molar-refractivity contribution in [3.05, 3.63) is 70.5 Å². The average Bonchev–Trinajstić information content (AvgIpc) is 2.83. The van der Waals surface area contributed by atoms with Gasteiger partial charge in [0.1, 0.15) is 11.9 Å². The van der Waals surface area contributed by atoms with Crippen molar-refractivity contribution < 1.29 is 22.3 Å². The number of nitriles is 1. The van der Waals surface area contributed by atoms with Crippen LogP contribution in [0.2, 0.25) is 0 Å². The van der Waals surface area contributed by atoms with Crippen molar-refractivity contribution in [3.8, 4) is 6.07 Å². The zero-order valence-corrected chi connectivity index (χ0v) is 19.0. The van der Waals surface area contributed by atoms with Crippen LogP contribution in [0.15, 0.2) is 42.5 Å². The first-order valence-electron chi connectivity index (χ1n) is 11.8. The summed E-state index contributed by atoms with van der Waals surface area (Å²) in [5.74, 6) is 0.269. The summed E-state index contributed by atoms with van der Waals surface area (Å²) in [5, 5.41) is 8.72. The van der Waals surface area contributed by atoms with E-state index in [1.165, 1.54) is 44.1 Å². The highest BCUT2D eigenvalue weighted by Gasteiger charge is 2.43. The zero-order chi connectivity index (χ0) is 23.8. The third kappa shape index (κ3) is 6.80.